The van der Waals surface area contributed by atoms with Crippen molar-refractivity contribution >= 4 is 27.5 Å². The van der Waals surface area contributed by atoms with Crippen molar-refractivity contribution in [1.82, 2.24) is 10.2 Å². The predicted molar refractivity (Wildman–Crippen MR) is 132 cm³/mol. The van der Waals surface area contributed by atoms with Gasteiger partial charge in [0.1, 0.15) is 18.4 Å². The summed E-state index contributed by atoms with van der Waals surface area (Å²) in [5.74, 6) is -1.51. The fourth-order valence-electron chi connectivity index (χ4n) is 3.46. The van der Waals surface area contributed by atoms with E-state index in [2.05, 4.69) is 5.32 Å². The summed E-state index contributed by atoms with van der Waals surface area (Å²) in [6.45, 7) is 8.27. The van der Waals surface area contributed by atoms with Gasteiger partial charge in [0, 0.05) is 18.2 Å². The number of hydrogen-bond acceptors (Lipinski definition) is 4. The zero-order chi connectivity index (χ0) is 25.6. The van der Waals surface area contributed by atoms with Crippen LogP contribution in [0.1, 0.15) is 43.9 Å². The second-order valence-electron chi connectivity index (χ2n) is 8.60. The van der Waals surface area contributed by atoms with Gasteiger partial charge in [0.05, 0.1) is 11.9 Å². The number of sulfonamides is 1. The Hall–Kier alpha value is -2.94. The standard InChI is InChI=1S/C25H34FN3O4S/c1-7-18(3)27-25(31)20(5)28(15-21-12-8-9-13-22(21)26)24(30)16-29(34(6,32)33)23-14-10-11-17(2)19(23)4/h8-14,18,20H,7,15-16H2,1-6H3,(H,27,31). The summed E-state index contributed by atoms with van der Waals surface area (Å²) in [5.41, 5.74) is 2.22. The minimum Gasteiger partial charge on any atom is -0.352 e. The SMILES string of the molecule is CCC(C)NC(=O)C(C)N(Cc1ccccc1F)C(=O)CN(c1cccc(C)c1C)S(C)(=O)=O. The summed E-state index contributed by atoms with van der Waals surface area (Å²) in [6.07, 6.45) is 1.73. The molecule has 1 N–H and O–H groups in total. The van der Waals surface area contributed by atoms with E-state index in [1.54, 1.807) is 32.0 Å². The molecule has 0 fully saturated rings. The zero-order valence-electron chi connectivity index (χ0n) is 20.6. The van der Waals surface area contributed by atoms with E-state index in [4.69, 9.17) is 0 Å². The molecule has 9 heteroatoms. The number of nitrogens with zero attached hydrogens (tertiary/aromatic N) is 2. The summed E-state index contributed by atoms with van der Waals surface area (Å²) in [4.78, 5) is 27.6. The lowest BCUT2D eigenvalue weighted by atomic mass is 10.1. The van der Waals surface area contributed by atoms with Crippen molar-refractivity contribution in [2.75, 3.05) is 17.1 Å². The van der Waals surface area contributed by atoms with Crippen LogP contribution in [0.25, 0.3) is 0 Å². The van der Waals surface area contributed by atoms with Gasteiger partial charge in [-0.2, -0.15) is 0 Å². The van der Waals surface area contributed by atoms with Crippen LogP contribution < -0.4 is 9.62 Å². The van der Waals surface area contributed by atoms with Crippen LogP contribution >= 0.6 is 0 Å². The third-order valence-electron chi connectivity index (χ3n) is 5.99. The van der Waals surface area contributed by atoms with Gasteiger partial charge in [-0.15, -0.1) is 0 Å². The first-order valence-electron chi connectivity index (χ1n) is 11.2. The number of benzene rings is 2. The lowest BCUT2D eigenvalue weighted by Crippen LogP contribution is -2.52. The second-order valence-corrected chi connectivity index (χ2v) is 10.5. The van der Waals surface area contributed by atoms with Crippen molar-refractivity contribution in [1.29, 1.82) is 0 Å². The largest absolute Gasteiger partial charge is 0.352 e. The molecule has 0 aliphatic rings. The summed E-state index contributed by atoms with van der Waals surface area (Å²) >= 11 is 0. The maximum absolute atomic E-state index is 14.4. The van der Waals surface area contributed by atoms with Gasteiger partial charge in [-0.25, -0.2) is 12.8 Å². The van der Waals surface area contributed by atoms with Gasteiger partial charge in [0.15, 0.2) is 0 Å². The highest BCUT2D eigenvalue weighted by molar-refractivity contribution is 7.92. The van der Waals surface area contributed by atoms with Crippen molar-refractivity contribution in [3.05, 3.63) is 65.0 Å². The van der Waals surface area contributed by atoms with E-state index in [-0.39, 0.29) is 18.2 Å². The number of halogens is 1. The molecule has 0 aromatic heterocycles. The lowest BCUT2D eigenvalue weighted by Gasteiger charge is -2.32. The molecule has 0 saturated heterocycles. The Labute approximate surface area is 202 Å². The van der Waals surface area contributed by atoms with E-state index >= 15 is 0 Å². The molecule has 2 atom stereocenters. The molecule has 2 aromatic rings. The Morgan fingerprint density at radius 3 is 2.29 bits per heavy atom. The van der Waals surface area contributed by atoms with E-state index in [1.165, 1.54) is 23.1 Å². The second kappa shape index (κ2) is 11.5. The van der Waals surface area contributed by atoms with E-state index in [0.29, 0.717) is 12.1 Å². The zero-order valence-corrected chi connectivity index (χ0v) is 21.4. The van der Waals surface area contributed by atoms with Crippen molar-refractivity contribution in [3.63, 3.8) is 0 Å². The molecule has 0 saturated carbocycles. The quantitative estimate of drug-likeness (QED) is 0.551. The molecule has 2 amide bonds. The van der Waals surface area contributed by atoms with Crippen LogP contribution in [-0.4, -0.2) is 50.0 Å². The Balaban J connectivity index is 2.45. The Bertz CT molecular complexity index is 1140. The van der Waals surface area contributed by atoms with Crippen molar-refractivity contribution < 1.29 is 22.4 Å². The Kier molecular flexibility index (Phi) is 9.21. The summed E-state index contributed by atoms with van der Waals surface area (Å²) in [7, 11) is -3.82. The van der Waals surface area contributed by atoms with Gasteiger partial charge in [0.25, 0.3) is 0 Å². The van der Waals surface area contributed by atoms with Crippen molar-refractivity contribution in [3.8, 4) is 0 Å². The molecule has 0 spiro atoms. The topological polar surface area (TPSA) is 86.8 Å². The van der Waals surface area contributed by atoms with Crippen LogP contribution in [0, 0.1) is 19.7 Å². The first-order chi connectivity index (χ1) is 15.9. The molecule has 2 rings (SSSR count). The van der Waals surface area contributed by atoms with Gasteiger partial charge in [-0.05, 0) is 57.4 Å². The maximum atomic E-state index is 14.4. The van der Waals surface area contributed by atoms with E-state index in [1.807, 2.05) is 26.8 Å². The molecule has 2 aromatic carbocycles. The van der Waals surface area contributed by atoms with Gasteiger partial charge in [0.2, 0.25) is 21.8 Å². The number of aryl methyl sites for hydroxylation is 1. The first kappa shape index (κ1) is 27.3. The minimum atomic E-state index is -3.82. The van der Waals surface area contributed by atoms with E-state index in [0.717, 1.165) is 21.7 Å². The van der Waals surface area contributed by atoms with Crippen LogP contribution in [0.5, 0.6) is 0 Å². The molecular weight excluding hydrogens is 457 g/mol. The number of carbonyl (C=O) groups is 2. The first-order valence-corrected chi connectivity index (χ1v) is 13.1. The van der Waals surface area contributed by atoms with Crippen LogP contribution in [0.3, 0.4) is 0 Å². The van der Waals surface area contributed by atoms with Gasteiger partial charge < -0.3 is 10.2 Å². The normalized spacial score (nSPS) is 13.1. The molecular formula is C25H34FN3O4S. The molecule has 34 heavy (non-hydrogen) atoms. The number of anilines is 1. The average molecular weight is 492 g/mol. The third-order valence-corrected chi connectivity index (χ3v) is 7.12. The monoisotopic (exact) mass is 491 g/mol. The minimum absolute atomic E-state index is 0.108. The Morgan fingerprint density at radius 2 is 1.71 bits per heavy atom. The number of carbonyl (C=O) groups excluding carboxylic acids is 2. The molecule has 7 nitrogen and oxygen atoms in total. The van der Waals surface area contributed by atoms with Gasteiger partial charge in [-0.1, -0.05) is 37.3 Å². The van der Waals surface area contributed by atoms with Crippen molar-refractivity contribution in [2.24, 2.45) is 0 Å². The van der Waals surface area contributed by atoms with Crippen LogP contribution in [0.4, 0.5) is 10.1 Å². The molecule has 186 valence electrons. The van der Waals surface area contributed by atoms with Crippen LogP contribution in [0.2, 0.25) is 0 Å². The number of rotatable bonds is 10. The molecule has 2 unspecified atom stereocenters. The average Bonchev–Trinajstić information content (AvgIpc) is 2.77. The van der Waals surface area contributed by atoms with Crippen LogP contribution in [0.15, 0.2) is 42.5 Å². The van der Waals surface area contributed by atoms with Crippen LogP contribution in [-0.2, 0) is 26.2 Å². The smallest absolute Gasteiger partial charge is 0.244 e. The maximum Gasteiger partial charge on any atom is 0.244 e. The highest BCUT2D eigenvalue weighted by Crippen LogP contribution is 2.25. The molecule has 0 bridgehead atoms. The number of nitrogens with one attached hydrogen (secondary N) is 1. The molecule has 0 heterocycles. The van der Waals surface area contributed by atoms with E-state index < -0.39 is 40.2 Å². The Morgan fingerprint density at radius 1 is 1.06 bits per heavy atom. The lowest BCUT2D eigenvalue weighted by molar-refractivity contribution is -0.139. The molecule has 0 aliphatic carbocycles. The van der Waals surface area contributed by atoms with Crippen molar-refractivity contribution in [2.45, 2.75) is 59.7 Å². The summed E-state index contributed by atoms with van der Waals surface area (Å²) in [6, 6.07) is 10.2. The summed E-state index contributed by atoms with van der Waals surface area (Å²) < 4.78 is 40.8. The summed E-state index contributed by atoms with van der Waals surface area (Å²) in [5, 5.41) is 2.84. The van der Waals surface area contributed by atoms with Gasteiger partial charge in [-0.3, -0.25) is 13.9 Å². The predicted octanol–water partition coefficient (Wildman–Crippen LogP) is 3.54. The highest BCUT2D eigenvalue weighted by atomic mass is 32.2. The number of amides is 2. The third kappa shape index (κ3) is 6.79. The fourth-order valence-corrected chi connectivity index (χ4v) is 4.36. The highest BCUT2D eigenvalue weighted by Gasteiger charge is 2.31. The fraction of sp³-hybridized carbons (Fsp3) is 0.440. The number of hydrogen-bond donors (Lipinski definition) is 1. The van der Waals surface area contributed by atoms with E-state index in [9.17, 15) is 22.4 Å². The molecule has 0 radical (unpaired) electrons. The van der Waals surface area contributed by atoms with Gasteiger partial charge >= 0.3 is 0 Å². The molecule has 0 aliphatic heterocycles.